The summed E-state index contributed by atoms with van der Waals surface area (Å²) in [5, 5.41) is 0. The average Bonchev–Trinajstić information content (AvgIpc) is 1.66. The van der Waals surface area contributed by atoms with Crippen LogP contribution in [0.2, 0.25) is 0 Å². The second-order valence-electron chi connectivity index (χ2n) is 1.29. The van der Waals surface area contributed by atoms with Crippen molar-refractivity contribution in [2.24, 2.45) is 0 Å². The number of hydrogen-bond acceptors (Lipinski definition) is 0. The molecular formula is C6H8Cl2. The van der Waals surface area contributed by atoms with E-state index in [0.29, 0.717) is 4.49 Å². The third-order valence-electron chi connectivity index (χ3n) is 0.594. The molecule has 0 atom stereocenters. The van der Waals surface area contributed by atoms with Gasteiger partial charge in [-0.3, -0.25) is 0 Å². The molecule has 0 heterocycles. The first-order valence-electron chi connectivity index (χ1n) is 2.45. The molecule has 0 nitrogen and oxygen atoms in total. The van der Waals surface area contributed by atoms with E-state index in [4.69, 9.17) is 23.2 Å². The Bertz CT molecular complexity index is 99.1. The summed E-state index contributed by atoms with van der Waals surface area (Å²) in [6, 6.07) is 0. The van der Waals surface area contributed by atoms with Gasteiger partial charge >= 0.3 is 0 Å². The molecule has 0 N–H and O–H groups in total. The SMILES string of the molecule is CC/C=C/C=C(Cl)Cl. The maximum Gasteiger partial charge on any atom is 0.106 e. The van der Waals surface area contributed by atoms with Crippen LogP contribution in [0.15, 0.2) is 22.7 Å². The van der Waals surface area contributed by atoms with Crippen LogP contribution in [0.1, 0.15) is 13.3 Å². The Labute approximate surface area is 59.8 Å². The van der Waals surface area contributed by atoms with Crippen LogP contribution >= 0.6 is 23.2 Å². The minimum Gasteiger partial charge on any atom is -0.0847 e. The minimum absolute atomic E-state index is 0.301. The fourth-order valence-electron chi connectivity index (χ4n) is 0.277. The summed E-state index contributed by atoms with van der Waals surface area (Å²) >= 11 is 10.6. The Hall–Kier alpha value is 0.0600. The van der Waals surface area contributed by atoms with Crippen molar-refractivity contribution in [2.45, 2.75) is 13.3 Å². The normalized spacial score (nSPS) is 9.88. The van der Waals surface area contributed by atoms with Gasteiger partial charge < -0.3 is 0 Å². The summed E-state index contributed by atoms with van der Waals surface area (Å²) in [6.07, 6.45) is 6.46. The molecule has 0 aromatic rings. The molecule has 46 valence electrons. The van der Waals surface area contributed by atoms with Gasteiger partial charge in [-0.05, 0) is 12.5 Å². The van der Waals surface area contributed by atoms with Crippen molar-refractivity contribution in [2.75, 3.05) is 0 Å². The summed E-state index contributed by atoms with van der Waals surface area (Å²) in [5.41, 5.74) is 0. The first-order valence-corrected chi connectivity index (χ1v) is 3.20. The van der Waals surface area contributed by atoms with Crippen LogP contribution in [0, 0.1) is 0 Å². The maximum absolute atomic E-state index is 5.29. The molecule has 0 aliphatic heterocycles. The van der Waals surface area contributed by atoms with Crippen LogP contribution in [0.4, 0.5) is 0 Å². The van der Waals surface area contributed by atoms with E-state index >= 15 is 0 Å². The highest BCUT2D eigenvalue weighted by Crippen LogP contribution is 2.05. The van der Waals surface area contributed by atoms with Gasteiger partial charge in [0.25, 0.3) is 0 Å². The molecule has 0 radical (unpaired) electrons. The van der Waals surface area contributed by atoms with E-state index in [-0.39, 0.29) is 0 Å². The van der Waals surface area contributed by atoms with Gasteiger partial charge in [0.2, 0.25) is 0 Å². The summed E-state index contributed by atoms with van der Waals surface area (Å²) in [6.45, 7) is 2.05. The minimum atomic E-state index is 0.301. The van der Waals surface area contributed by atoms with Gasteiger partial charge in [-0.25, -0.2) is 0 Å². The summed E-state index contributed by atoms with van der Waals surface area (Å²) in [4.78, 5) is 0. The van der Waals surface area contributed by atoms with Crippen LogP contribution in [-0.4, -0.2) is 0 Å². The third kappa shape index (κ3) is 6.06. The van der Waals surface area contributed by atoms with E-state index in [2.05, 4.69) is 0 Å². The summed E-state index contributed by atoms with van der Waals surface area (Å²) < 4.78 is 0.301. The van der Waals surface area contributed by atoms with Gasteiger partial charge in [-0.15, -0.1) is 0 Å². The molecule has 0 saturated heterocycles. The molecule has 0 spiro atoms. The van der Waals surface area contributed by atoms with Crippen molar-refractivity contribution in [1.82, 2.24) is 0 Å². The second-order valence-corrected chi connectivity index (χ2v) is 2.30. The van der Waals surface area contributed by atoms with Crippen molar-refractivity contribution in [3.63, 3.8) is 0 Å². The smallest absolute Gasteiger partial charge is 0.0847 e. The molecule has 0 bridgehead atoms. The van der Waals surface area contributed by atoms with Gasteiger partial charge in [-0.2, -0.15) is 0 Å². The molecule has 0 unspecified atom stereocenters. The lowest BCUT2D eigenvalue weighted by Crippen LogP contribution is -1.52. The highest BCUT2D eigenvalue weighted by molar-refractivity contribution is 6.55. The van der Waals surface area contributed by atoms with Crippen LogP contribution in [-0.2, 0) is 0 Å². The molecule has 0 amide bonds. The molecular weight excluding hydrogens is 143 g/mol. The van der Waals surface area contributed by atoms with E-state index in [0.717, 1.165) is 6.42 Å². The maximum atomic E-state index is 5.29. The largest absolute Gasteiger partial charge is 0.106 e. The van der Waals surface area contributed by atoms with Gasteiger partial charge in [0, 0.05) is 0 Å². The standard InChI is InChI=1S/C6H8Cl2/c1-2-3-4-5-6(7)8/h3-5H,2H2,1H3/b4-3+. The van der Waals surface area contributed by atoms with Crippen molar-refractivity contribution in [3.8, 4) is 0 Å². The summed E-state index contributed by atoms with van der Waals surface area (Å²) in [5.74, 6) is 0. The number of allylic oxidation sites excluding steroid dienone is 3. The first-order chi connectivity index (χ1) is 3.77. The van der Waals surface area contributed by atoms with E-state index in [9.17, 15) is 0 Å². The van der Waals surface area contributed by atoms with Crippen LogP contribution < -0.4 is 0 Å². The zero-order valence-electron chi connectivity index (χ0n) is 4.70. The molecule has 0 aliphatic rings. The lowest BCUT2D eigenvalue weighted by Gasteiger charge is -1.75. The van der Waals surface area contributed by atoms with Crippen molar-refractivity contribution < 1.29 is 0 Å². The fraction of sp³-hybridized carbons (Fsp3) is 0.333. The Morgan fingerprint density at radius 3 is 2.50 bits per heavy atom. The third-order valence-corrected chi connectivity index (χ3v) is 0.846. The highest BCUT2D eigenvalue weighted by Gasteiger charge is 1.73. The Morgan fingerprint density at radius 2 is 2.12 bits per heavy atom. The van der Waals surface area contributed by atoms with Crippen LogP contribution in [0.3, 0.4) is 0 Å². The Morgan fingerprint density at radius 1 is 1.50 bits per heavy atom. The first kappa shape index (κ1) is 8.06. The Balaban J connectivity index is 3.42. The van der Waals surface area contributed by atoms with E-state index in [1.807, 2.05) is 19.1 Å². The van der Waals surface area contributed by atoms with Gasteiger partial charge in [-0.1, -0.05) is 42.3 Å². The predicted octanol–water partition coefficient (Wildman–Crippen LogP) is 3.27. The van der Waals surface area contributed by atoms with Gasteiger partial charge in [0.05, 0.1) is 0 Å². The molecule has 0 aliphatic carbocycles. The molecule has 0 fully saturated rings. The molecule has 0 aromatic heterocycles. The molecule has 0 saturated carbocycles. The fourth-order valence-corrected chi connectivity index (χ4v) is 0.422. The molecule has 0 aromatic carbocycles. The zero-order valence-corrected chi connectivity index (χ0v) is 6.21. The summed E-state index contributed by atoms with van der Waals surface area (Å²) in [7, 11) is 0. The lowest BCUT2D eigenvalue weighted by molar-refractivity contribution is 1.22. The van der Waals surface area contributed by atoms with E-state index in [1.54, 1.807) is 6.08 Å². The topological polar surface area (TPSA) is 0 Å². The Kier molecular flexibility index (Phi) is 5.24. The van der Waals surface area contributed by atoms with Gasteiger partial charge in [0.15, 0.2) is 0 Å². The quantitative estimate of drug-likeness (QED) is 0.531. The number of hydrogen-bond donors (Lipinski definition) is 0. The molecule has 8 heavy (non-hydrogen) atoms. The van der Waals surface area contributed by atoms with Crippen molar-refractivity contribution >= 4 is 23.2 Å². The number of halogens is 2. The van der Waals surface area contributed by atoms with E-state index in [1.165, 1.54) is 0 Å². The predicted molar refractivity (Wildman–Crippen MR) is 39.2 cm³/mol. The molecule has 0 rings (SSSR count). The molecule has 2 heteroatoms. The van der Waals surface area contributed by atoms with Crippen molar-refractivity contribution in [1.29, 1.82) is 0 Å². The van der Waals surface area contributed by atoms with Gasteiger partial charge in [0.1, 0.15) is 4.49 Å². The second kappa shape index (κ2) is 5.20. The number of rotatable bonds is 2. The van der Waals surface area contributed by atoms with Crippen LogP contribution in [0.25, 0.3) is 0 Å². The van der Waals surface area contributed by atoms with Crippen LogP contribution in [0.5, 0.6) is 0 Å². The van der Waals surface area contributed by atoms with E-state index < -0.39 is 0 Å². The highest BCUT2D eigenvalue weighted by atomic mass is 35.5. The lowest BCUT2D eigenvalue weighted by atomic mass is 10.4. The van der Waals surface area contributed by atoms with Crippen molar-refractivity contribution in [3.05, 3.63) is 22.7 Å². The average molecular weight is 151 g/mol. The zero-order chi connectivity index (χ0) is 6.41. The monoisotopic (exact) mass is 150 g/mol.